The molecule has 4 N–H and O–H groups in total. The van der Waals surface area contributed by atoms with E-state index in [1.807, 2.05) is 47.4 Å². The van der Waals surface area contributed by atoms with E-state index in [9.17, 15) is 9.90 Å². The Morgan fingerprint density at radius 2 is 1.21 bits per heavy atom. The molecule has 2 aliphatic heterocycles. The SMILES string of the molecule is O=C(O)C(c1ccccc1OC1CC1)N1CC[C@@H](OCCCCc2ccc3c(n2)CCCC3)C1.O=CC(=O)O.O[B]Oc1ccccc1OC1CC1.c1cc2c(nc1CCCCO[C@@H]1CCNC1)CCCC2. The molecule has 4 aromatic rings. The van der Waals surface area contributed by atoms with Gasteiger partial charge in [0.15, 0.2) is 5.75 Å². The number of ether oxygens (including phenoxy) is 4. The number of unbranched alkanes of at least 4 members (excludes halogenated alkanes) is 2. The second-order valence-corrected chi connectivity index (χ2v) is 19.4. The minimum absolute atomic E-state index is 0.0835. The van der Waals surface area contributed by atoms with E-state index in [1.165, 1.54) is 91.7 Å². The molecule has 4 aliphatic carbocycles. The van der Waals surface area contributed by atoms with E-state index in [1.54, 1.807) is 6.07 Å². The fraction of sp³-hybridized carbons (Fsp3) is 0.554. The zero-order valence-corrected chi connectivity index (χ0v) is 41.8. The van der Waals surface area contributed by atoms with Crippen molar-refractivity contribution >= 4 is 25.9 Å². The monoisotopic (exact) mass is 990 g/mol. The number of aryl methyl sites for hydroxylation is 6. The van der Waals surface area contributed by atoms with Crippen molar-refractivity contribution in [3.05, 3.63) is 112 Å². The lowest BCUT2D eigenvalue weighted by atomic mass is 9.95. The summed E-state index contributed by atoms with van der Waals surface area (Å²) in [7, 11) is 0.662. The molecule has 4 heterocycles. The summed E-state index contributed by atoms with van der Waals surface area (Å²) in [6, 6.07) is 23.2. The van der Waals surface area contributed by atoms with E-state index >= 15 is 0 Å². The van der Waals surface area contributed by atoms with Crippen LogP contribution in [0.3, 0.4) is 0 Å². The lowest BCUT2D eigenvalue weighted by molar-refractivity contribution is -0.143. The largest absolute Gasteiger partial charge is 0.569 e. The van der Waals surface area contributed by atoms with Gasteiger partial charge in [0.1, 0.15) is 17.5 Å². The first kappa shape index (κ1) is 54.4. The summed E-state index contributed by atoms with van der Waals surface area (Å²) in [5, 5.41) is 29.2. The number of pyridine rings is 2. The molecule has 2 saturated carbocycles. The van der Waals surface area contributed by atoms with E-state index in [0.29, 0.717) is 50.3 Å². The molecule has 4 fully saturated rings. The highest BCUT2D eigenvalue weighted by Crippen LogP contribution is 2.36. The molecule has 1 unspecified atom stereocenters. The molecule has 16 heteroatoms. The van der Waals surface area contributed by atoms with Gasteiger partial charge in [0.25, 0.3) is 0 Å². The lowest BCUT2D eigenvalue weighted by Gasteiger charge is -2.26. The zero-order valence-electron chi connectivity index (χ0n) is 41.8. The summed E-state index contributed by atoms with van der Waals surface area (Å²) in [5.41, 5.74) is 8.81. The number of benzene rings is 2. The van der Waals surface area contributed by atoms with Gasteiger partial charge in [-0.15, -0.1) is 0 Å². The number of aldehydes is 1. The van der Waals surface area contributed by atoms with Crippen molar-refractivity contribution in [1.29, 1.82) is 0 Å². The Balaban J connectivity index is 0.000000168. The van der Waals surface area contributed by atoms with Crippen LogP contribution in [-0.2, 0) is 62.4 Å². The van der Waals surface area contributed by atoms with Gasteiger partial charge in [0, 0.05) is 61.2 Å². The first-order valence-corrected chi connectivity index (χ1v) is 26.4. The smallest absolute Gasteiger partial charge is 0.535 e. The third kappa shape index (κ3) is 18.3. The maximum atomic E-state index is 12.2. The maximum absolute atomic E-state index is 12.2. The van der Waals surface area contributed by atoms with Gasteiger partial charge in [-0.05, 0) is 176 Å². The Hall–Kier alpha value is -5.39. The van der Waals surface area contributed by atoms with Gasteiger partial charge in [-0.2, -0.15) is 0 Å². The van der Waals surface area contributed by atoms with Gasteiger partial charge in [0.2, 0.25) is 6.29 Å². The summed E-state index contributed by atoms with van der Waals surface area (Å²) in [4.78, 5) is 41.9. The second-order valence-electron chi connectivity index (χ2n) is 19.4. The van der Waals surface area contributed by atoms with Crippen LogP contribution >= 0.6 is 0 Å². The molecular weight excluding hydrogens is 915 g/mol. The molecule has 3 atom stereocenters. The van der Waals surface area contributed by atoms with E-state index < -0.39 is 18.0 Å². The molecule has 2 aromatic heterocycles. The number of hydrogen-bond acceptors (Lipinski definition) is 13. The van der Waals surface area contributed by atoms with Crippen molar-refractivity contribution in [1.82, 2.24) is 20.2 Å². The first-order chi connectivity index (χ1) is 35.3. The van der Waals surface area contributed by atoms with Crippen molar-refractivity contribution < 1.29 is 53.2 Å². The fourth-order valence-corrected chi connectivity index (χ4v) is 9.48. The zero-order chi connectivity index (χ0) is 50.3. The molecular formula is C56H74BN4O11. The molecule has 10 rings (SSSR count). The minimum atomic E-state index is -1.43. The third-order valence-corrected chi connectivity index (χ3v) is 13.6. The molecule has 387 valence electrons. The number of nitrogens with one attached hydrogen (secondary N) is 1. The van der Waals surface area contributed by atoms with Crippen LogP contribution in [0.25, 0.3) is 0 Å². The number of carbonyl (C=O) groups excluding carboxylic acids is 1. The van der Waals surface area contributed by atoms with Crippen molar-refractivity contribution in [2.24, 2.45) is 0 Å². The Morgan fingerprint density at radius 1 is 0.667 bits per heavy atom. The van der Waals surface area contributed by atoms with E-state index in [0.717, 1.165) is 102 Å². The Labute approximate surface area is 425 Å². The number of likely N-dealkylation sites (tertiary alicyclic amines) is 1. The molecule has 0 spiro atoms. The predicted molar refractivity (Wildman–Crippen MR) is 274 cm³/mol. The summed E-state index contributed by atoms with van der Waals surface area (Å²) >= 11 is 0. The van der Waals surface area contributed by atoms with Gasteiger partial charge in [-0.1, -0.05) is 42.5 Å². The molecule has 1 radical (unpaired) electrons. The molecule has 2 aromatic carbocycles. The lowest BCUT2D eigenvalue weighted by Crippen LogP contribution is -2.33. The van der Waals surface area contributed by atoms with Gasteiger partial charge in [0.05, 0.1) is 24.4 Å². The third-order valence-electron chi connectivity index (χ3n) is 13.6. The Morgan fingerprint density at radius 3 is 1.75 bits per heavy atom. The summed E-state index contributed by atoms with van der Waals surface area (Å²) < 4.78 is 28.4. The highest BCUT2D eigenvalue weighted by Gasteiger charge is 2.36. The van der Waals surface area contributed by atoms with Gasteiger partial charge >= 0.3 is 19.6 Å². The van der Waals surface area contributed by atoms with Crippen LogP contribution in [0.15, 0.2) is 72.8 Å². The normalized spacial score (nSPS) is 19.3. The Bertz CT molecular complexity index is 2310. The molecule has 0 bridgehead atoms. The average molecular weight is 990 g/mol. The standard InChI is InChI=1S/C28H36N2O4.C17H26N2O.C9H10BO3.C2H2O3/c31-28(32)27(24-9-2-4-11-26(24)34-22-14-15-22)30-17-16-23(19-30)33-18-6-5-8-21-13-12-20-7-1-3-10-25(20)29-21;1-2-7-17-14(5-1)8-9-15(19-17)6-3-4-12-20-16-10-11-18-13-16;11-10-13-9-4-2-1-3-8(9)12-7-5-6-7;3-1-2(4)5/h2,4,9,11-13,22-23,27H,1,3,5-8,10,14-19H2,(H,31,32);8-9,16,18H,1-7,10-13H2;1-4,7,11H,5-6H2;1H,(H,4,5)/t23-,27?;16-;;/m11../s1. The predicted octanol–water partition coefficient (Wildman–Crippen LogP) is 7.81. The average Bonchev–Trinajstić information content (AvgIpc) is 4.30. The van der Waals surface area contributed by atoms with Crippen LogP contribution < -0.4 is 19.4 Å². The van der Waals surface area contributed by atoms with Crippen molar-refractivity contribution in [3.63, 3.8) is 0 Å². The highest BCUT2D eigenvalue weighted by molar-refractivity contribution is 6.19. The summed E-state index contributed by atoms with van der Waals surface area (Å²) in [6.45, 7) is 5.12. The van der Waals surface area contributed by atoms with E-state index in [2.05, 4.69) is 29.6 Å². The number of carboxylic acids is 2. The number of carboxylic acid groups (broad SMARTS) is 2. The van der Waals surface area contributed by atoms with Crippen LogP contribution in [0, 0.1) is 0 Å². The maximum Gasteiger partial charge on any atom is 0.569 e. The van der Waals surface area contributed by atoms with Gasteiger partial charge in [-0.3, -0.25) is 24.5 Å². The van der Waals surface area contributed by atoms with Crippen molar-refractivity contribution in [2.45, 2.75) is 159 Å². The highest BCUT2D eigenvalue weighted by atomic mass is 16.5. The number of fused-ring (bicyclic) bond motifs is 2. The topological polar surface area (TPSA) is 199 Å². The molecule has 6 aliphatic rings. The minimum Gasteiger partial charge on any atom is -0.535 e. The number of para-hydroxylation sites is 3. The van der Waals surface area contributed by atoms with Crippen LogP contribution in [0.1, 0.15) is 135 Å². The van der Waals surface area contributed by atoms with Crippen LogP contribution in [0.4, 0.5) is 0 Å². The molecule has 2 saturated heterocycles. The summed E-state index contributed by atoms with van der Waals surface area (Å²) in [6.07, 6.45) is 23.7. The van der Waals surface area contributed by atoms with Crippen LogP contribution in [0.2, 0.25) is 0 Å². The number of carbonyl (C=O) groups is 3. The summed E-state index contributed by atoms with van der Waals surface area (Å²) in [5.74, 6) is -0.306. The van der Waals surface area contributed by atoms with Gasteiger partial charge in [-0.25, -0.2) is 4.79 Å². The molecule has 15 nitrogen and oxygen atoms in total. The van der Waals surface area contributed by atoms with E-state index in [4.69, 9.17) is 53.3 Å². The Kier molecular flexibility index (Phi) is 22.2. The fourth-order valence-electron chi connectivity index (χ4n) is 9.48. The van der Waals surface area contributed by atoms with E-state index in [-0.39, 0.29) is 18.5 Å². The number of rotatable bonds is 22. The first-order valence-electron chi connectivity index (χ1n) is 26.4. The number of aromatic nitrogens is 2. The molecule has 72 heavy (non-hydrogen) atoms. The quantitative estimate of drug-likeness (QED) is 0.0257. The second kappa shape index (κ2) is 29.3. The van der Waals surface area contributed by atoms with Crippen molar-refractivity contribution in [3.8, 4) is 17.2 Å². The van der Waals surface area contributed by atoms with Gasteiger partial charge < -0.3 is 44.2 Å². The van der Waals surface area contributed by atoms with Crippen LogP contribution in [0.5, 0.6) is 17.2 Å². The number of hydrogen-bond donors (Lipinski definition) is 4. The number of nitrogens with zero attached hydrogens (tertiary/aromatic N) is 3. The van der Waals surface area contributed by atoms with Crippen molar-refractivity contribution in [2.75, 3.05) is 39.4 Å². The number of aliphatic carboxylic acids is 2. The van der Waals surface area contributed by atoms with Crippen LogP contribution in [-0.4, -0.2) is 120 Å². The molecule has 0 amide bonds.